The van der Waals surface area contributed by atoms with E-state index in [-0.39, 0.29) is 23.4 Å². The fraction of sp³-hybridized carbons (Fsp3) is 0.467. The lowest BCUT2D eigenvalue weighted by atomic mass is 9.76. The molecule has 0 saturated heterocycles. The van der Waals surface area contributed by atoms with Crippen molar-refractivity contribution in [2.75, 3.05) is 19.4 Å². The molecule has 0 aliphatic heterocycles. The van der Waals surface area contributed by atoms with Crippen molar-refractivity contribution in [2.24, 2.45) is 5.41 Å². The first kappa shape index (κ1) is 15.9. The van der Waals surface area contributed by atoms with Crippen molar-refractivity contribution in [2.45, 2.75) is 26.2 Å². The molecule has 1 aliphatic carbocycles. The number of nitrogen functional groups attached to an aromatic ring is 1. The number of amides is 1. The van der Waals surface area contributed by atoms with Crippen LogP contribution in [-0.4, -0.2) is 35.5 Å². The van der Waals surface area contributed by atoms with Crippen LogP contribution in [0, 0.1) is 5.41 Å². The Morgan fingerprint density at radius 1 is 1.45 bits per heavy atom. The molecule has 1 amide bonds. The lowest BCUT2D eigenvalue weighted by molar-refractivity contribution is -0.152. The van der Waals surface area contributed by atoms with Crippen LogP contribution in [-0.2, 0) is 9.53 Å². The van der Waals surface area contributed by atoms with Crippen LogP contribution in [0.1, 0.15) is 36.7 Å². The third kappa shape index (κ3) is 3.60. The largest absolute Gasteiger partial charge is 0.469 e. The molecule has 1 aromatic heterocycles. The Morgan fingerprint density at radius 3 is 2.82 bits per heavy atom. The molecule has 118 valence electrons. The van der Waals surface area contributed by atoms with E-state index in [9.17, 15) is 9.59 Å². The van der Waals surface area contributed by atoms with Crippen LogP contribution in [0.25, 0.3) is 0 Å². The molecule has 1 unspecified atom stereocenters. The maximum Gasteiger partial charge on any atom is 0.311 e. The highest BCUT2D eigenvalue weighted by molar-refractivity contribution is 5.92. The van der Waals surface area contributed by atoms with Crippen molar-refractivity contribution < 1.29 is 14.3 Å². The molecule has 0 spiro atoms. The Labute approximate surface area is 129 Å². The molecule has 2 rings (SSSR count). The van der Waals surface area contributed by atoms with Crippen LogP contribution in [0.15, 0.2) is 24.0 Å². The second-order valence-electron chi connectivity index (χ2n) is 5.63. The number of methoxy groups -OCH3 is 1. The monoisotopic (exact) mass is 304 g/mol. The zero-order valence-corrected chi connectivity index (χ0v) is 12.8. The summed E-state index contributed by atoms with van der Waals surface area (Å²) < 4.78 is 4.83. The molecule has 1 aromatic rings. The second kappa shape index (κ2) is 6.55. The van der Waals surface area contributed by atoms with Crippen molar-refractivity contribution in [1.29, 1.82) is 0 Å². The number of ether oxygens (including phenoxy) is 1. The van der Waals surface area contributed by atoms with E-state index in [0.717, 1.165) is 12.0 Å². The number of aromatic nitrogens is 2. The van der Waals surface area contributed by atoms with Gasteiger partial charge in [0.25, 0.3) is 5.91 Å². The first-order chi connectivity index (χ1) is 10.4. The Morgan fingerprint density at radius 2 is 2.23 bits per heavy atom. The smallest absolute Gasteiger partial charge is 0.311 e. The number of hydrogen-bond donors (Lipinski definition) is 2. The lowest BCUT2D eigenvalue weighted by Crippen LogP contribution is -2.33. The highest BCUT2D eigenvalue weighted by atomic mass is 16.5. The molecule has 7 heteroatoms. The summed E-state index contributed by atoms with van der Waals surface area (Å²) in [6.07, 6.45) is 5.33. The molecule has 0 saturated carbocycles. The van der Waals surface area contributed by atoms with E-state index in [1.807, 2.05) is 13.0 Å². The Kier molecular flexibility index (Phi) is 4.75. The van der Waals surface area contributed by atoms with Gasteiger partial charge < -0.3 is 15.8 Å². The molecular weight excluding hydrogens is 284 g/mol. The van der Waals surface area contributed by atoms with Gasteiger partial charge in [0.15, 0.2) is 0 Å². The number of anilines is 1. The minimum Gasteiger partial charge on any atom is -0.469 e. The summed E-state index contributed by atoms with van der Waals surface area (Å²) in [6, 6.07) is 1.43. The second-order valence-corrected chi connectivity index (χ2v) is 5.63. The zero-order chi connectivity index (χ0) is 16.2. The van der Waals surface area contributed by atoms with Gasteiger partial charge in [-0.05, 0) is 26.2 Å². The SMILES string of the molecule is COC(=O)C1(C)CC=C(CNC(=O)c2cc(N)ncn2)CC1. The third-order valence-corrected chi connectivity index (χ3v) is 3.91. The molecule has 0 aromatic carbocycles. The number of rotatable bonds is 4. The van der Waals surface area contributed by atoms with E-state index in [0.29, 0.717) is 19.4 Å². The number of carbonyl (C=O) groups is 2. The molecule has 3 N–H and O–H groups in total. The molecule has 1 heterocycles. The van der Waals surface area contributed by atoms with Crippen molar-refractivity contribution in [1.82, 2.24) is 15.3 Å². The van der Waals surface area contributed by atoms with Crippen LogP contribution in [0.5, 0.6) is 0 Å². The minimum atomic E-state index is -0.469. The van der Waals surface area contributed by atoms with Crippen LogP contribution in [0.3, 0.4) is 0 Å². The third-order valence-electron chi connectivity index (χ3n) is 3.91. The molecule has 0 fully saturated rings. The van der Waals surface area contributed by atoms with Gasteiger partial charge in [-0.3, -0.25) is 9.59 Å². The van der Waals surface area contributed by atoms with Gasteiger partial charge in [-0.1, -0.05) is 11.6 Å². The van der Waals surface area contributed by atoms with Crippen molar-refractivity contribution in [3.05, 3.63) is 29.7 Å². The van der Waals surface area contributed by atoms with Crippen molar-refractivity contribution in [3.8, 4) is 0 Å². The Hall–Kier alpha value is -2.44. The van der Waals surface area contributed by atoms with Crippen LogP contribution in [0.4, 0.5) is 5.82 Å². The number of carbonyl (C=O) groups excluding carboxylic acids is 2. The van der Waals surface area contributed by atoms with Crippen molar-refractivity contribution >= 4 is 17.7 Å². The average Bonchev–Trinajstić information content (AvgIpc) is 2.53. The van der Waals surface area contributed by atoms with Crippen LogP contribution < -0.4 is 11.1 Å². The maximum absolute atomic E-state index is 12.0. The first-order valence-corrected chi connectivity index (χ1v) is 7.06. The maximum atomic E-state index is 12.0. The number of allylic oxidation sites excluding steroid dienone is 1. The van der Waals surface area contributed by atoms with Gasteiger partial charge in [0.2, 0.25) is 0 Å². The van der Waals surface area contributed by atoms with E-state index >= 15 is 0 Å². The van der Waals surface area contributed by atoms with Crippen LogP contribution in [0.2, 0.25) is 0 Å². The topological polar surface area (TPSA) is 107 Å². The average molecular weight is 304 g/mol. The highest BCUT2D eigenvalue weighted by Crippen LogP contribution is 2.35. The molecule has 1 aliphatic rings. The summed E-state index contributed by atoms with van der Waals surface area (Å²) in [5.74, 6) is -0.231. The molecular formula is C15H20N4O3. The van der Waals surface area contributed by atoms with Gasteiger partial charge in [-0.2, -0.15) is 0 Å². The van der Waals surface area contributed by atoms with Crippen molar-refractivity contribution in [3.63, 3.8) is 0 Å². The van der Waals surface area contributed by atoms with Gasteiger partial charge >= 0.3 is 5.97 Å². The number of nitrogens with one attached hydrogen (secondary N) is 1. The summed E-state index contributed by atoms with van der Waals surface area (Å²) in [5, 5.41) is 2.80. The van der Waals surface area contributed by atoms with E-state index in [4.69, 9.17) is 10.5 Å². The van der Waals surface area contributed by atoms with Gasteiger partial charge in [0.05, 0.1) is 12.5 Å². The minimum absolute atomic E-state index is 0.191. The van der Waals surface area contributed by atoms with Gasteiger partial charge in [0.1, 0.15) is 17.8 Å². The van der Waals surface area contributed by atoms with E-state index in [1.54, 1.807) is 0 Å². The molecule has 0 radical (unpaired) electrons. The molecule has 22 heavy (non-hydrogen) atoms. The molecule has 1 atom stereocenters. The number of nitrogens with zero attached hydrogens (tertiary/aromatic N) is 2. The van der Waals surface area contributed by atoms with Crippen LogP contribution >= 0.6 is 0 Å². The Balaban J connectivity index is 1.91. The zero-order valence-electron chi connectivity index (χ0n) is 12.8. The molecule has 0 bridgehead atoms. The first-order valence-electron chi connectivity index (χ1n) is 7.06. The standard InChI is InChI=1S/C15H20N4O3/c1-15(14(21)22-2)5-3-10(4-6-15)8-17-13(20)11-7-12(16)19-9-18-11/h3,7,9H,4-6,8H2,1-2H3,(H,17,20)(H2,16,18,19). The van der Waals surface area contributed by atoms with E-state index < -0.39 is 5.41 Å². The highest BCUT2D eigenvalue weighted by Gasteiger charge is 2.35. The fourth-order valence-electron chi connectivity index (χ4n) is 2.38. The summed E-state index contributed by atoms with van der Waals surface area (Å²) >= 11 is 0. The van der Waals surface area contributed by atoms with Gasteiger partial charge in [0, 0.05) is 12.6 Å². The number of hydrogen-bond acceptors (Lipinski definition) is 6. The summed E-state index contributed by atoms with van der Waals surface area (Å²) in [6.45, 7) is 2.33. The number of esters is 1. The van der Waals surface area contributed by atoms with E-state index in [1.165, 1.54) is 19.5 Å². The predicted octanol–water partition coefficient (Wildman–Crippen LogP) is 1.08. The van der Waals surface area contributed by atoms with E-state index in [2.05, 4.69) is 15.3 Å². The summed E-state index contributed by atoms with van der Waals surface area (Å²) in [4.78, 5) is 31.3. The van der Waals surface area contributed by atoms with Gasteiger partial charge in [-0.15, -0.1) is 0 Å². The quantitative estimate of drug-likeness (QED) is 0.636. The van der Waals surface area contributed by atoms with Gasteiger partial charge in [-0.25, -0.2) is 9.97 Å². The summed E-state index contributed by atoms with van der Waals surface area (Å²) in [5.41, 5.74) is 6.38. The molecule has 7 nitrogen and oxygen atoms in total. The normalized spacial score (nSPS) is 20.9. The summed E-state index contributed by atoms with van der Waals surface area (Å²) in [7, 11) is 1.40. The Bertz CT molecular complexity index is 615. The number of nitrogens with two attached hydrogens (primary N) is 1. The predicted molar refractivity (Wildman–Crippen MR) is 80.8 cm³/mol. The fourth-order valence-corrected chi connectivity index (χ4v) is 2.38. The lowest BCUT2D eigenvalue weighted by Gasteiger charge is -2.30.